The average molecular weight is 431 g/mol. The topological polar surface area (TPSA) is 92.6 Å². The molecule has 2 saturated heterocycles. The lowest BCUT2D eigenvalue weighted by atomic mass is 9.95. The molecule has 0 radical (unpaired) electrons. The molecule has 2 bridgehead atoms. The molecule has 2 aromatic rings. The van der Waals surface area contributed by atoms with E-state index in [1.54, 1.807) is 10.6 Å². The standard InChI is InChI=1S/C21H26N4O4S/c1-30(28,29)23-10-8-14(9-11-23)20(26)25-15-6-7-16(25)13-24-19(12-15)22-18-5-3-2-4-17(18)21(24)27/h2-5,14-16H,6-13H2,1H3/t15-,16+/m0/s1. The summed E-state index contributed by atoms with van der Waals surface area (Å²) in [6, 6.07) is 7.45. The molecule has 1 aromatic carbocycles. The molecule has 0 saturated carbocycles. The van der Waals surface area contributed by atoms with Gasteiger partial charge in [-0.15, -0.1) is 0 Å². The van der Waals surface area contributed by atoms with Gasteiger partial charge in [0.2, 0.25) is 15.9 Å². The first-order chi connectivity index (χ1) is 14.3. The van der Waals surface area contributed by atoms with E-state index in [1.165, 1.54) is 10.6 Å². The Balaban J connectivity index is 1.41. The molecule has 0 spiro atoms. The van der Waals surface area contributed by atoms with Gasteiger partial charge in [0, 0.05) is 38.0 Å². The largest absolute Gasteiger partial charge is 0.334 e. The Bertz CT molecular complexity index is 1170. The maximum absolute atomic E-state index is 13.4. The van der Waals surface area contributed by atoms with Gasteiger partial charge in [-0.2, -0.15) is 0 Å². The van der Waals surface area contributed by atoms with Crippen LogP contribution < -0.4 is 5.56 Å². The van der Waals surface area contributed by atoms with Crippen LogP contribution in [0.2, 0.25) is 0 Å². The summed E-state index contributed by atoms with van der Waals surface area (Å²) in [5.74, 6) is 0.715. The molecular formula is C21H26N4O4S. The number of fused-ring (bicyclic) bond motifs is 4. The van der Waals surface area contributed by atoms with Crippen molar-refractivity contribution in [1.82, 2.24) is 18.8 Å². The molecule has 3 aliphatic rings. The number of rotatable bonds is 2. The second-order valence-electron chi connectivity index (χ2n) is 8.73. The van der Waals surface area contributed by atoms with Gasteiger partial charge < -0.3 is 4.90 Å². The van der Waals surface area contributed by atoms with Gasteiger partial charge in [-0.05, 0) is 37.8 Å². The second kappa shape index (κ2) is 7.16. The van der Waals surface area contributed by atoms with Gasteiger partial charge in [0.05, 0.1) is 23.2 Å². The van der Waals surface area contributed by atoms with Gasteiger partial charge in [-0.3, -0.25) is 14.2 Å². The van der Waals surface area contributed by atoms with Gasteiger partial charge in [0.25, 0.3) is 5.56 Å². The fourth-order valence-corrected chi connectivity index (χ4v) is 6.20. The SMILES string of the molecule is CS(=O)(=O)N1CCC(C(=O)N2[C@@H]3CC[C@H]2Cc2nc4ccccc4c(=O)n2C3)CC1. The lowest BCUT2D eigenvalue weighted by molar-refractivity contribution is -0.139. The van der Waals surface area contributed by atoms with Crippen molar-refractivity contribution in [3.05, 3.63) is 40.4 Å². The van der Waals surface area contributed by atoms with Crippen LogP contribution in [0.4, 0.5) is 0 Å². The summed E-state index contributed by atoms with van der Waals surface area (Å²) in [7, 11) is -3.21. The summed E-state index contributed by atoms with van der Waals surface area (Å²) in [4.78, 5) is 33.3. The van der Waals surface area contributed by atoms with Gasteiger partial charge in [-0.25, -0.2) is 17.7 Å². The summed E-state index contributed by atoms with van der Waals surface area (Å²) in [6.45, 7) is 1.27. The maximum Gasteiger partial charge on any atom is 0.261 e. The van der Waals surface area contributed by atoms with Gasteiger partial charge in [-0.1, -0.05) is 12.1 Å². The Morgan fingerprint density at radius 3 is 2.50 bits per heavy atom. The van der Waals surface area contributed by atoms with Crippen LogP contribution in [0.1, 0.15) is 31.5 Å². The van der Waals surface area contributed by atoms with Crippen LogP contribution in [0.15, 0.2) is 29.1 Å². The third kappa shape index (κ3) is 3.24. The van der Waals surface area contributed by atoms with Crippen LogP contribution in [0, 0.1) is 5.92 Å². The van der Waals surface area contributed by atoms with E-state index in [0.717, 1.165) is 18.7 Å². The molecule has 0 unspecified atom stereocenters. The van der Waals surface area contributed by atoms with E-state index in [4.69, 9.17) is 4.98 Å². The number of benzene rings is 1. The predicted octanol–water partition coefficient (Wildman–Crippen LogP) is 0.984. The van der Waals surface area contributed by atoms with Crippen molar-refractivity contribution in [2.24, 2.45) is 5.92 Å². The number of carbonyl (C=O) groups excluding carboxylic acids is 1. The molecule has 160 valence electrons. The number of sulfonamides is 1. The smallest absolute Gasteiger partial charge is 0.261 e. The van der Waals surface area contributed by atoms with E-state index in [0.29, 0.717) is 49.8 Å². The van der Waals surface area contributed by atoms with Crippen molar-refractivity contribution >= 4 is 26.8 Å². The molecule has 2 fully saturated rings. The molecule has 1 amide bonds. The molecule has 0 N–H and O–H groups in total. The van der Waals surface area contributed by atoms with Crippen LogP contribution in [0.3, 0.4) is 0 Å². The van der Waals surface area contributed by atoms with Crippen LogP contribution in [0.25, 0.3) is 10.9 Å². The van der Waals surface area contributed by atoms with E-state index in [2.05, 4.69) is 0 Å². The van der Waals surface area contributed by atoms with Gasteiger partial charge in [0.15, 0.2) is 0 Å². The Hall–Kier alpha value is -2.26. The number of amides is 1. The molecule has 3 aliphatic heterocycles. The number of piperidine rings is 1. The van der Waals surface area contributed by atoms with Crippen molar-refractivity contribution in [3.63, 3.8) is 0 Å². The van der Waals surface area contributed by atoms with Crippen LogP contribution in [0.5, 0.6) is 0 Å². The summed E-state index contributed by atoms with van der Waals surface area (Å²) >= 11 is 0. The third-order valence-corrected chi connectivity index (χ3v) is 8.20. The minimum Gasteiger partial charge on any atom is -0.334 e. The fraction of sp³-hybridized carbons (Fsp3) is 0.571. The fourth-order valence-electron chi connectivity index (χ4n) is 5.33. The van der Waals surface area contributed by atoms with Crippen molar-refractivity contribution in [2.45, 2.75) is 50.7 Å². The van der Waals surface area contributed by atoms with E-state index in [-0.39, 0.29) is 29.5 Å². The van der Waals surface area contributed by atoms with E-state index < -0.39 is 10.0 Å². The summed E-state index contributed by atoms with van der Waals surface area (Å²) in [6.07, 6.45) is 4.72. The summed E-state index contributed by atoms with van der Waals surface area (Å²) in [5, 5.41) is 0.616. The van der Waals surface area contributed by atoms with Crippen LogP contribution in [-0.4, -0.2) is 64.5 Å². The van der Waals surface area contributed by atoms with E-state index >= 15 is 0 Å². The number of carbonyl (C=O) groups is 1. The van der Waals surface area contributed by atoms with Crippen molar-refractivity contribution in [1.29, 1.82) is 0 Å². The van der Waals surface area contributed by atoms with E-state index in [1.807, 2.05) is 23.1 Å². The molecule has 8 nitrogen and oxygen atoms in total. The number of hydrogen-bond donors (Lipinski definition) is 0. The zero-order valence-electron chi connectivity index (χ0n) is 17.0. The minimum atomic E-state index is -3.21. The molecular weight excluding hydrogens is 404 g/mol. The van der Waals surface area contributed by atoms with Crippen molar-refractivity contribution in [2.75, 3.05) is 19.3 Å². The zero-order valence-corrected chi connectivity index (χ0v) is 17.8. The normalized spacial score (nSPS) is 25.3. The molecule has 0 aliphatic carbocycles. The maximum atomic E-state index is 13.4. The second-order valence-corrected chi connectivity index (χ2v) is 10.7. The molecule has 5 rings (SSSR count). The zero-order chi connectivity index (χ0) is 21.0. The minimum absolute atomic E-state index is 0.00245. The van der Waals surface area contributed by atoms with Crippen molar-refractivity contribution in [3.8, 4) is 0 Å². The Labute approximate surface area is 175 Å². The van der Waals surface area contributed by atoms with Gasteiger partial charge >= 0.3 is 0 Å². The average Bonchev–Trinajstić information content (AvgIpc) is 3.03. The predicted molar refractivity (Wildman–Crippen MR) is 113 cm³/mol. The lowest BCUT2D eigenvalue weighted by Gasteiger charge is -2.35. The quantitative estimate of drug-likeness (QED) is 0.708. The highest BCUT2D eigenvalue weighted by atomic mass is 32.2. The van der Waals surface area contributed by atoms with Crippen LogP contribution in [-0.2, 0) is 27.8 Å². The highest BCUT2D eigenvalue weighted by Gasteiger charge is 2.43. The molecule has 1 aromatic heterocycles. The summed E-state index contributed by atoms with van der Waals surface area (Å²) in [5.41, 5.74) is 0.676. The monoisotopic (exact) mass is 430 g/mol. The Morgan fingerprint density at radius 1 is 1.07 bits per heavy atom. The number of para-hydroxylation sites is 1. The Kier molecular flexibility index (Phi) is 4.70. The first kappa shape index (κ1) is 19.7. The van der Waals surface area contributed by atoms with E-state index in [9.17, 15) is 18.0 Å². The molecule has 9 heteroatoms. The summed E-state index contributed by atoms with van der Waals surface area (Å²) < 4.78 is 26.8. The molecule has 30 heavy (non-hydrogen) atoms. The van der Waals surface area contributed by atoms with Crippen LogP contribution >= 0.6 is 0 Å². The first-order valence-corrected chi connectivity index (χ1v) is 12.4. The third-order valence-electron chi connectivity index (χ3n) is 6.90. The molecule has 2 atom stereocenters. The van der Waals surface area contributed by atoms with Gasteiger partial charge in [0.1, 0.15) is 5.82 Å². The number of nitrogens with zero attached hydrogens (tertiary/aromatic N) is 4. The van der Waals surface area contributed by atoms with Crippen molar-refractivity contribution < 1.29 is 13.2 Å². The lowest BCUT2D eigenvalue weighted by Crippen LogP contribution is -2.48. The number of hydrogen-bond acceptors (Lipinski definition) is 5. The highest BCUT2D eigenvalue weighted by Crippen LogP contribution is 2.34. The number of aromatic nitrogens is 2. The first-order valence-electron chi connectivity index (χ1n) is 10.6. The highest BCUT2D eigenvalue weighted by molar-refractivity contribution is 7.88. The molecule has 4 heterocycles. The Morgan fingerprint density at radius 2 is 1.77 bits per heavy atom.